The number of hydrogen-bond donors (Lipinski definition) is 0. The minimum Gasteiger partial charge on any atom is -0.347 e. The Kier molecular flexibility index (Phi) is 5.57. The highest BCUT2D eigenvalue weighted by molar-refractivity contribution is 5.94. The first-order chi connectivity index (χ1) is 17.0. The molecule has 4 aromatic rings. The first-order valence-electron chi connectivity index (χ1n) is 11.8. The Hall–Kier alpha value is -3.82. The summed E-state index contributed by atoms with van der Waals surface area (Å²) in [6.45, 7) is 8.23. The van der Waals surface area contributed by atoms with Gasteiger partial charge in [-0.2, -0.15) is 13.2 Å². The Morgan fingerprint density at radius 3 is 2.53 bits per heavy atom. The molecule has 7 nitrogen and oxygen atoms in total. The molecule has 2 unspecified atom stereocenters. The summed E-state index contributed by atoms with van der Waals surface area (Å²) in [6, 6.07) is 6.25. The van der Waals surface area contributed by atoms with Crippen LogP contribution in [0.5, 0.6) is 0 Å². The van der Waals surface area contributed by atoms with Crippen molar-refractivity contribution in [2.24, 2.45) is 0 Å². The van der Waals surface area contributed by atoms with Crippen molar-refractivity contribution >= 4 is 16.8 Å². The number of imidazole rings is 1. The van der Waals surface area contributed by atoms with Gasteiger partial charge in [0, 0.05) is 42.4 Å². The molecule has 0 aliphatic carbocycles. The molecule has 0 bridgehead atoms. The van der Waals surface area contributed by atoms with Crippen LogP contribution in [0.25, 0.3) is 16.6 Å². The van der Waals surface area contributed by atoms with E-state index in [9.17, 15) is 22.8 Å². The quantitative estimate of drug-likeness (QED) is 0.401. The van der Waals surface area contributed by atoms with Gasteiger partial charge in [0.05, 0.1) is 23.6 Å². The van der Waals surface area contributed by atoms with Gasteiger partial charge in [0.25, 0.3) is 11.5 Å². The van der Waals surface area contributed by atoms with E-state index in [-0.39, 0.29) is 23.2 Å². The Morgan fingerprint density at radius 1 is 1.14 bits per heavy atom. The van der Waals surface area contributed by atoms with Crippen molar-refractivity contribution in [2.75, 3.05) is 0 Å². The molecular weight excluding hydrogens is 471 g/mol. The molecule has 1 aromatic carbocycles. The second-order valence-electron chi connectivity index (χ2n) is 9.28. The Bertz CT molecular complexity index is 1550. The van der Waals surface area contributed by atoms with Crippen LogP contribution in [0.3, 0.4) is 0 Å². The van der Waals surface area contributed by atoms with E-state index in [1.54, 1.807) is 38.7 Å². The maximum atomic E-state index is 13.6. The van der Waals surface area contributed by atoms with Gasteiger partial charge < -0.3 is 18.6 Å². The molecule has 10 heteroatoms. The predicted molar refractivity (Wildman–Crippen MR) is 129 cm³/mol. The molecule has 3 aromatic heterocycles. The van der Waals surface area contributed by atoms with Crippen LogP contribution in [0.1, 0.15) is 54.1 Å². The fourth-order valence-corrected chi connectivity index (χ4v) is 5.17. The number of rotatable bonds is 4. The first-order valence-corrected chi connectivity index (χ1v) is 11.8. The molecule has 2 atom stereocenters. The molecule has 36 heavy (non-hydrogen) atoms. The maximum absolute atomic E-state index is 13.6. The third-order valence-electron chi connectivity index (χ3n) is 6.97. The van der Waals surface area contributed by atoms with Crippen LogP contribution in [0, 0.1) is 6.92 Å². The van der Waals surface area contributed by atoms with E-state index in [0.717, 1.165) is 23.4 Å². The highest BCUT2D eigenvalue weighted by Gasteiger charge is 2.36. The van der Waals surface area contributed by atoms with Crippen molar-refractivity contribution in [1.82, 2.24) is 23.6 Å². The summed E-state index contributed by atoms with van der Waals surface area (Å²) in [7, 11) is 0. The van der Waals surface area contributed by atoms with Crippen LogP contribution in [-0.2, 0) is 19.3 Å². The van der Waals surface area contributed by atoms with E-state index in [1.807, 2.05) is 33.9 Å². The SMILES string of the molecule is CCn1cc(C(C)N2C(=O)c3ccc(-n4cnc(C)c4)c(=O)n3CC2C)c2ccc(C(F)(F)F)cc21. The Morgan fingerprint density at radius 2 is 1.89 bits per heavy atom. The van der Waals surface area contributed by atoms with Crippen LogP contribution in [0.4, 0.5) is 13.2 Å². The molecule has 0 spiro atoms. The highest BCUT2D eigenvalue weighted by Crippen LogP contribution is 2.37. The lowest BCUT2D eigenvalue weighted by Gasteiger charge is -2.39. The average Bonchev–Trinajstić information content (AvgIpc) is 3.42. The number of nitrogens with zero attached hydrogens (tertiary/aromatic N) is 5. The standard InChI is InChI=1S/C26H26F3N5O2/c1-5-31-13-20(19-7-6-18(10-23(19)31)26(27,28)29)17(4)34-16(3)12-33-22(25(34)36)9-8-21(24(33)35)32-11-15(2)30-14-32/h6-11,13-14,16-17H,5,12H2,1-4H3. The van der Waals surface area contributed by atoms with E-state index >= 15 is 0 Å². The number of carbonyl (C=O) groups excluding carboxylic acids is 1. The smallest absolute Gasteiger partial charge is 0.347 e. The molecule has 0 saturated carbocycles. The van der Waals surface area contributed by atoms with Gasteiger partial charge in [0.15, 0.2) is 0 Å². The number of amides is 1. The van der Waals surface area contributed by atoms with E-state index in [0.29, 0.717) is 29.7 Å². The fourth-order valence-electron chi connectivity index (χ4n) is 5.17. The van der Waals surface area contributed by atoms with Gasteiger partial charge in [-0.3, -0.25) is 9.59 Å². The number of pyridine rings is 1. The number of halogens is 3. The summed E-state index contributed by atoms with van der Waals surface area (Å²) in [5, 5.41) is 0.672. The summed E-state index contributed by atoms with van der Waals surface area (Å²) in [4.78, 5) is 32.8. The molecule has 0 saturated heterocycles. The maximum Gasteiger partial charge on any atom is 0.416 e. The van der Waals surface area contributed by atoms with E-state index in [2.05, 4.69) is 4.98 Å². The minimum atomic E-state index is -4.44. The Balaban J connectivity index is 1.55. The lowest BCUT2D eigenvalue weighted by Crippen LogP contribution is -2.50. The first kappa shape index (κ1) is 23.9. The van der Waals surface area contributed by atoms with Gasteiger partial charge in [-0.15, -0.1) is 0 Å². The Labute approximate surface area is 205 Å². The van der Waals surface area contributed by atoms with Gasteiger partial charge in [0.2, 0.25) is 0 Å². The van der Waals surface area contributed by atoms with Crippen molar-refractivity contribution in [1.29, 1.82) is 0 Å². The minimum absolute atomic E-state index is 0.278. The van der Waals surface area contributed by atoms with Crippen molar-refractivity contribution in [3.63, 3.8) is 0 Å². The zero-order valence-electron chi connectivity index (χ0n) is 20.4. The molecule has 4 heterocycles. The monoisotopic (exact) mass is 497 g/mol. The van der Waals surface area contributed by atoms with Gasteiger partial charge in [-0.1, -0.05) is 6.07 Å². The molecule has 188 valence electrons. The molecule has 1 aliphatic heterocycles. The largest absolute Gasteiger partial charge is 0.416 e. The normalized spacial score (nSPS) is 17.0. The zero-order chi connectivity index (χ0) is 25.9. The second kappa shape index (κ2) is 8.39. The van der Waals surface area contributed by atoms with Gasteiger partial charge >= 0.3 is 6.18 Å². The van der Waals surface area contributed by atoms with Gasteiger partial charge in [-0.05, 0) is 57.5 Å². The number of fused-ring (bicyclic) bond motifs is 2. The van der Waals surface area contributed by atoms with Crippen LogP contribution >= 0.6 is 0 Å². The third-order valence-corrected chi connectivity index (χ3v) is 6.97. The van der Waals surface area contributed by atoms with E-state index < -0.39 is 17.8 Å². The molecule has 0 fully saturated rings. The predicted octanol–water partition coefficient (Wildman–Crippen LogP) is 4.94. The van der Waals surface area contributed by atoms with Crippen molar-refractivity contribution in [3.05, 3.63) is 81.9 Å². The summed E-state index contributed by atoms with van der Waals surface area (Å²) >= 11 is 0. The fraction of sp³-hybridized carbons (Fsp3) is 0.346. The van der Waals surface area contributed by atoms with Crippen LogP contribution < -0.4 is 5.56 Å². The second-order valence-corrected chi connectivity index (χ2v) is 9.28. The number of aryl methyl sites for hydroxylation is 2. The lowest BCUT2D eigenvalue weighted by atomic mass is 10.0. The van der Waals surface area contributed by atoms with E-state index in [4.69, 9.17) is 0 Å². The molecule has 1 aliphatic rings. The zero-order valence-corrected chi connectivity index (χ0v) is 20.4. The number of alkyl halides is 3. The lowest BCUT2D eigenvalue weighted by molar-refractivity contribution is -0.137. The molecule has 0 N–H and O–H groups in total. The molecule has 5 rings (SSSR count). The summed E-state index contributed by atoms with van der Waals surface area (Å²) in [5.41, 5.74) is 1.72. The number of carbonyl (C=O) groups is 1. The molecule has 1 amide bonds. The van der Waals surface area contributed by atoms with Crippen LogP contribution in [0.15, 0.2) is 53.8 Å². The van der Waals surface area contributed by atoms with E-state index in [1.165, 1.54) is 10.6 Å². The van der Waals surface area contributed by atoms with Gasteiger partial charge in [0.1, 0.15) is 11.4 Å². The summed E-state index contributed by atoms with van der Waals surface area (Å²) in [6.07, 6.45) is 0.696. The molecular formula is C26H26F3N5O2. The summed E-state index contributed by atoms with van der Waals surface area (Å²) < 4.78 is 44.9. The topological polar surface area (TPSA) is 65.1 Å². The average molecular weight is 498 g/mol. The summed E-state index contributed by atoms with van der Waals surface area (Å²) in [5.74, 6) is -0.295. The third kappa shape index (κ3) is 3.71. The van der Waals surface area contributed by atoms with Crippen molar-refractivity contribution < 1.29 is 18.0 Å². The number of benzene rings is 1. The van der Waals surface area contributed by atoms with Crippen LogP contribution in [0.2, 0.25) is 0 Å². The molecule has 0 radical (unpaired) electrons. The van der Waals surface area contributed by atoms with Crippen LogP contribution in [-0.4, -0.2) is 35.5 Å². The van der Waals surface area contributed by atoms with Crippen molar-refractivity contribution in [2.45, 2.75) is 59.0 Å². The van der Waals surface area contributed by atoms with Crippen molar-refractivity contribution in [3.8, 4) is 5.69 Å². The number of hydrogen-bond acceptors (Lipinski definition) is 3. The van der Waals surface area contributed by atoms with Gasteiger partial charge in [-0.25, -0.2) is 4.98 Å². The highest BCUT2D eigenvalue weighted by atomic mass is 19.4. The number of aromatic nitrogens is 4.